The number of halogens is 4. The molecule has 0 radical (unpaired) electrons. The minimum Gasteiger partial charge on any atom is -0.392 e. The molecule has 0 aliphatic heterocycles. The first-order chi connectivity index (χ1) is 9.91. The molecule has 0 bridgehead atoms. The van der Waals surface area contributed by atoms with Gasteiger partial charge < -0.3 is 5.11 Å². The molecule has 0 aliphatic carbocycles. The fourth-order valence-electron chi connectivity index (χ4n) is 1.99. The summed E-state index contributed by atoms with van der Waals surface area (Å²) in [7, 11) is 0. The predicted molar refractivity (Wildman–Crippen MR) is 84.8 cm³/mol. The van der Waals surface area contributed by atoms with Crippen molar-refractivity contribution in [3.05, 3.63) is 74.9 Å². The highest BCUT2D eigenvalue weighted by Gasteiger charge is 2.30. The van der Waals surface area contributed by atoms with Gasteiger partial charge in [-0.25, -0.2) is 0 Å². The number of aliphatic hydroxyl groups excluding tert-OH is 1. The molecule has 0 aromatic heterocycles. The average molecular weight is 404 g/mol. The van der Waals surface area contributed by atoms with Gasteiger partial charge in [-0.3, -0.25) is 0 Å². The minimum absolute atomic E-state index is 0.239. The Balaban J connectivity index is 2.49. The molecule has 0 aliphatic rings. The van der Waals surface area contributed by atoms with Crippen molar-refractivity contribution < 1.29 is 18.3 Å². The molecule has 0 fully saturated rings. The molecule has 0 saturated heterocycles. The maximum atomic E-state index is 12.8. The van der Waals surface area contributed by atoms with Crippen molar-refractivity contribution >= 4 is 28.2 Å². The van der Waals surface area contributed by atoms with Crippen molar-refractivity contribution in [3.8, 4) is 0 Å². The van der Waals surface area contributed by atoms with Crippen LogP contribution in [0.4, 0.5) is 13.2 Å². The Morgan fingerprint density at radius 2 is 1.71 bits per heavy atom. The molecule has 110 valence electrons. The van der Waals surface area contributed by atoms with Gasteiger partial charge in [0.15, 0.2) is 0 Å². The largest absolute Gasteiger partial charge is 0.416 e. The van der Waals surface area contributed by atoms with Crippen LogP contribution in [0.1, 0.15) is 16.7 Å². The SMILES string of the molecule is OCC=C(c1ccc(I)cc1)c1cccc(C(F)(F)F)c1. The van der Waals surface area contributed by atoms with E-state index < -0.39 is 11.7 Å². The number of hydrogen-bond donors (Lipinski definition) is 1. The van der Waals surface area contributed by atoms with Gasteiger partial charge in [0.1, 0.15) is 0 Å². The second kappa shape index (κ2) is 6.62. The van der Waals surface area contributed by atoms with Crippen molar-refractivity contribution in [1.29, 1.82) is 0 Å². The molecular formula is C16H12F3IO. The molecule has 0 heterocycles. The number of rotatable bonds is 3. The maximum Gasteiger partial charge on any atom is 0.416 e. The van der Waals surface area contributed by atoms with Crippen LogP contribution >= 0.6 is 22.6 Å². The Bertz CT molecular complexity index is 645. The molecule has 2 aromatic rings. The summed E-state index contributed by atoms with van der Waals surface area (Å²) in [6.07, 6.45) is -2.87. The molecule has 21 heavy (non-hydrogen) atoms. The topological polar surface area (TPSA) is 20.2 Å². The van der Waals surface area contributed by atoms with E-state index in [4.69, 9.17) is 5.11 Å². The van der Waals surface area contributed by atoms with E-state index in [0.29, 0.717) is 11.1 Å². The summed E-state index contributed by atoms with van der Waals surface area (Å²) >= 11 is 2.15. The Labute approximate surface area is 134 Å². The number of alkyl halides is 3. The van der Waals surface area contributed by atoms with Gasteiger partial charge in [0.2, 0.25) is 0 Å². The van der Waals surface area contributed by atoms with Crippen LogP contribution in [0.15, 0.2) is 54.6 Å². The van der Waals surface area contributed by atoms with Crippen molar-refractivity contribution in [1.82, 2.24) is 0 Å². The molecule has 1 N–H and O–H groups in total. The van der Waals surface area contributed by atoms with Crippen molar-refractivity contribution in [2.45, 2.75) is 6.18 Å². The second-order valence-corrected chi connectivity index (χ2v) is 5.63. The minimum atomic E-state index is -4.38. The van der Waals surface area contributed by atoms with Crippen LogP contribution in [-0.4, -0.2) is 11.7 Å². The second-order valence-electron chi connectivity index (χ2n) is 4.39. The van der Waals surface area contributed by atoms with Gasteiger partial charge in [-0.1, -0.05) is 30.3 Å². The van der Waals surface area contributed by atoms with Crippen molar-refractivity contribution in [3.63, 3.8) is 0 Å². The molecule has 5 heteroatoms. The standard InChI is InChI=1S/C16H12F3IO/c17-16(18,19)13-3-1-2-12(10-13)15(8-9-21)11-4-6-14(20)7-5-11/h1-8,10,21H,9H2. The zero-order chi connectivity index (χ0) is 15.5. The molecule has 0 spiro atoms. The molecule has 0 unspecified atom stereocenters. The van der Waals surface area contributed by atoms with E-state index in [0.717, 1.165) is 21.3 Å². The Kier molecular flexibility index (Phi) is 5.05. The van der Waals surface area contributed by atoms with Gasteiger partial charge in [0.05, 0.1) is 12.2 Å². The number of aliphatic hydroxyl groups is 1. The van der Waals surface area contributed by atoms with Gasteiger partial charge in [-0.2, -0.15) is 13.2 Å². The van der Waals surface area contributed by atoms with E-state index in [-0.39, 0.29) is 6.61 Å². The van der Waals surface area contributed by atoms with Crippen LogP contribution < -0.4 is 0 Å². The molecule has 1 nitrogen and oxygen atoms in total. The molecule has 0 atom stereocenters. The summed E-state index contributed by atoms with van der Waals surface area (Å²) in [5.74, 6) is 0. The van der Waals surface area contributed by atoms with Crippen LogP contribution in [-0.2, 0) is 6.18 Å². The molecule has 0 saturated carbocycles. The average Bonchev–Trinajstić information content (AvgIpc) is 2.45. The third-order valence-corrected chi connectivity index (χ3v) is 3.67. The number of benzene rings is 2. The quantitative estimate of drug-likeness (QED) is 0.734. The van der Waals surface area contributed by atoms with E-state index in [1.165, 1.54) is 12.1 Å². The highest BCUT2D eigenvalue weighted by molar-refractivity contribution is 14.1. The van der Waals surface area contributed by atoms with Gasteiger partial charge in [-0.15, -0.1) is 0 Å². The molecule has 2 rings (SSSR count). The summed E-state index contributed by atoms with van der Waals surface area (Å²) in [5.41, 5.74) is 1.08. The fraction of sp³-hybridized carbons (Fsp3) is 0.125. The molecule has 2 aromatic carbocycles. The maximum absolute atomic E-state index is 12.8. The summed E-state index contributed by atoms with van der Waals surface area (Å²) in [6.45, 7) is -0.239. The summed E-state index contributed by atoms with van der Waals surface area (Å²) in [4.78, 5) is 0. The summed E-state index contributed by atoms with van der Waals surface area (Å²) in [6, 6.07) is 12.5. The lowest BCUT2D eigenvalue weighted by Gasteiger charge is -2.12. The van der Waals surface area contributed by atoms with E-state index in [1.807, 2.05) is 24.3 Å². The third-order valence-electron chi connectivity index (χ3n) is 2.95. The first-order valence-electron chi connectivity index (χ1n) is 6.16. The van der Waals surface area contributed by atoms with Gasteiger partial charge in [-0.05, 0) is 63.6 Å². The molecular weight excluding hydrogens is 392 g/mol. The zero-order valence-electron chi connectivity index (χ0n) is 10.9. The third kappa shape index (κ3) is 4.07. The molecule has 0 amide bonds. The van der Waals surface area contributed by atoms with Crippen LogP contribution in [0.25, 0.3) is 5.57 Å². The van der Waals surface area contributed by atoms with Gasteiger partial charge >= 0.3 is 6.18 Å². The van der Waals surface area contributed by atoms with Crippen LogP contribution in [0.3, 0.4) is 0 Å². The lowest BCUT2D eigenvalue weighted by molar-refractivity contribution is -0.137. The van der Waals surface area contributed by atoms with E-state index in [1.54, 1.807) is 6.07 Å². The van der Waals surface area contributed by atoms with Crippen molar-refractivity contribution in [2.75, 3.05) is 6.61 Å². The summed E-state index contributed by atoms with van der Waals surface area (Å²) < 4.78 is 39.4. The fourth-order valence-corrected chi connectivity index (χ4v) is 2.35. The van der Waals surface area contributed by atoms with Crippen LogP contribution in [0, 0.1) is 3.57 Å². The lowest BCUT2D eigenvalue weighted by atomic mass is 9.96. The normalized spacial score (nSPS) is 12.5. The monoisotopic (exact) mass is 404 g/mol. The van der Waals surface area contributed by atoms with Crippen LogP contribution in [0.5, 0.6) is 0 Å². The van der Waals surface area contributed by atoms with Crippen LogP contribution in [0.2, 0.25) is 0 Å². The lowest BCUT2D eigenvalue weighted by Crippen LogP contribution is -2.05. The highest BCUT2D eigenvalue weighted by Crippen LogP contribution is 2.32. The highest BCUT2D eigenvalue weighted by atomic mass is 127. The van der Waals surface area contributed by atoms with Crippen molar-refractivity contribution in [2.24, 2.45) is 0 Å². The Morgan fingerprint density at radius 3 is 2.29 bits per heavy atom. The van der Waals surface area contributed by atoms with Gasteiger partial charge in [0.25, 0.3) is 0 Å². The Morgan fingerprint density at radius 1 is 1.05 bits per heavy atom. The number of hydrogen-bond acceptors (Lipinski definition) is 1. The van der Waals surface area contributed by atoms with E-state index in [9.17, 15) is 13.2 Å². The zero-order valence-corrected chi connectivity index (χ0v) is 13.0. The predicted octanol–water partition coefficient (Wildman–Crippen LogP) is 4.73. The smallest absolute Gasteiger partial charge is 0.392 e. The van der Waals surface area contributed by atoms with Gasteiger partial charge in [0, 0.05) is 3.57 Å². The summed E-state index contributed by atoms with van der Waals surface area (Å²) in [5, 5.41) is 9.14. The first kappa shape index (κ1) is 16.0. The first-order valence-corrected chi connectivity index (χ1v) is 7.24. The van der Waals surface area contributed by atoms with E-state index >= 15 is 0 Å². The Hall–Kier alpha value is -1.34. The van der Waals surface area contributed by atoms with E-state index in [2.05, 4.69) is 22.6 Å².